The second kappa shape index (κ2) is 13.4. The number of allylic oxidation sites excluding steroid dienone is 1. The van der Waals surface area contributed by atoms with Gasteiger partial charge in [-0.2, -0.15) is 6.20 Å². The van der Waals surface area contributed by atoms with Crippen molar-refractivity contribution in [2.75, 3.05) is 0 Å². The fourth-order valence-corrected chi connectivity index (χ4v) is 2.83. The van der Waals surface area contributed by atoms with E-state index in [0.29, 0.717) is 0 Å². The number of hydrogen-bond donors (Lipinski definition) is 0. The van der Waals surface area contributed by atoms with Gasteiger partial charge in [0.25, 0.3) is 0 Å². The molecular formula is C26H29FeN2-. The number of aryl methyl sites for hydroxylation is 4. The van der Waals surface area contributed by atoms with Gasteiger partial charge < -0.3 is 5.32 Å². The number of rotatable bonds is 4. The molecule has 1 aliphatic carbocycles. The summed E-state index contributed by atoms with van der Waals surface area (Å²) in [6.07, 6.45) is 15.7. The second-order valence-electron chi connectivity index (χ2n) is 6.88. The van der Waals surface area contributed by atoms with Crippen molar-refractivity contribution in [3.8, 4) is 0 Å². The van der Waals surface area contributed by atoms with E-state index in [0.717, 1.165) is 11.4 Å². The Morgan fingerprint density at radius 3 is 1.72 bits per heavy atom. The van der Waals surface area contributed by atoms with Gasteiger partial charge in [0.1, 0.15) is 0 Å². The summed E-state index contributed by atoms with van der Waals surface area (Å²) in [4.78, 5) is 4.51. The monoisotopic (exact) mass is 425 g/mol. The number of para-hydroxylation sites is 2. The molecule has 0 amide bonds. The van der Waals surface area contributed by atoms with E-state index in [-0.39, 0.29) is 17.1 Å². The van der Waals surface area contributed by atoms with Crippen LogP contribution in [-0.4, -0.2) is 6.21 Å². The quantitative estimate of drug-likeness (QED) is 0.359. The summed E-state index contributed by atoms with van der Waals surface area (Å²) in [6, 6.07) is 12.4. The van der Waals surface area contributed by atoms with Gasteiger partial charge in [-0.05, 0) is 76.8 Å². The summed E-state index contributed by atoms with van der Waals surface area (Å²) in [6.45, 7) is 10.4. The van der Waals surface area contributed by atoms with Gasteiger partial charge in [-0.3, -0.25) is 4.99 Å². The molecule has 0 aliphatic heterocycles. The van der Waals surface area contributed by atoms with Gasteiger partial charge >= 0.3 is 0 Å². The molecule has 0 unspecified atom stereocenters. The minimum Gasteiger partial charge on any atom is -0.664 e. The van der Waals surface area contributed by atoms with E-state index < -0.39 is 0 Å². The second-order valence-corrected chi connectivity index (χ2v) is 6.88. The number of benzene rings is 2. The van der Waals surface area contributed by atoms with E-state index in [2.05, 4.69) is 94.2 Å². The number of hydrogen-bond acceptors (Lipinski definition) is 1. The SMILES string of the molecule is C[C]1[CH][CH][CH][CH][CH]1.Cc1cccc(C)c1N=C/C=C\[N-]c1c(C)cccc1C.[Fe]. The third-order valence-corrected chi connectivity index (χ3v) is 4.40. The van der Waals surface area contributed by atoms with Crippen molar-refractivity contribution in [2.24, 2.45) is 4.99 Å². The van der Waals surface area contributed by atoms with Crippen LogP contribution in [0.25, 0.3) is 5.32 Å². The van der Waals surface area contributed by atoms with Gasteiger partial charge in [-0.1, -0.05) is 60.5 Å². The first-order chi connectivity index (χ1) is 13.5. The minimum atomic E-state index is 0. The van der Waals surface area contributed by atoms with Crippen molar-refractivity contribution in [2.45, 2.75) is 34.6 Å². The topological polar surface area (TPSA) is 26.5 Å². The van der Waals surface area contributed by atoms with Crippen LogP contribution in [0.1, 0.15) is 29.2 Å². The molecule has 0 bridgehead atoms. The molecule has 6 radical (unpaired) electrons. The summed E-state index contributed by atoms with van der Waals surface area (Å²) in [5.74, 6) is 1.32. The van der Waals surface area contributed by atoms with E-state index in [4.69, 9.17) is 0 Å². The molecule has 0 saturated heterocycles. The average molecular weight is 425 g/mol. The van der Waals surface area contributed by atoms with Gasteiger partial charge in [-0.15, -0.1) is 5.69 Å². The van der Waals surface area contributed by atoms with Gasteiger partial charge in [0.2, 0.25) is 0 Å². The van der Waals surface area contributed by atoms with E-state index >= 15 is 0 Å². The first-order valence-electron chi connectivity index (χ1n) is 9.53. The average Bonchev–Trinajstić information content (AvgIpc) is 2.67. The molecular weight excluding hydrogens is 396 g/mol. The maximum absolute atomic E-state index is 4.51. The molecule has 1 saturated carbocycles. The molecule has 1 aliphatic rings. The fraction of sp³-hybridized carbons (Fsp3) is 0.192. The van der Waals surface area contributed by atoms with Crippen LogP contribution in [0.3, 0.4) is 0 Å². The zero-order valence-electron chi connectivity index (χ0n) is 17.8. The molecule has 0 N–H and O–H groups in total. The van der Waals surface area contributed by atoms with Crippen LogP contribution >= 0.6 is 0 Å². The van der Waals surface area contributed by atoms with E-state index in [1.807, 2.05) is 25.3 Å². The summed E-state index contributed by atoms with van der Waals surface area (Å²) in [5, 5.41) is 4.51. The Balaban J connectivity index is 0.000000445. The molecule has 152 valence electrons. The molecule has 3 rings (SSSR count). The molecule has 29 heavy (non-hydrogen) atoms. The first-order valence-corrected chi connectivity index (χ1v) is 9.53. The largest absolute Gasteiger partial charge is 0.664 e. The Labute approximate surface area is 188 Å². The van der Waals surface area contributed by atoms with Crippen LogP contribution in [0.2, 0.25) is 0 Å². The van der Waals surface area contributed by atoms with Crippen LogP contribution < -0.4 is 0 Å². The summed E-state index contributed by atoms with van der Waals surface area (Å²) < 4.78 is 0. The van der Waals surface area contributed by atoms with Gasteiger partial charge in [-0.25, -0.2) is 0 Å². The van der Waals surface area contributed by atoms with Crippen LogP contribution in [0.15, 0.2) is 53.7 Å². The van der Waals surface area contributed by atoms with Gasteiger partial charge in [0.15, 0.2) is 0 Å². The van der Waals surface area contributed by atoms with Crippen LogP contribution in [0.5, 0.6) is 0 Å². The molecule has 2 nitrogen and oxygen atoms in total. The Morgan fingerprint density at radius 2 is 1.24 bits per heavy atom. The van der Waals surface area contributed by atoms with Crippen molar-refractivity contribution in [3.63, 3.8) is 0 Å². The molecule has 1 fully saturated rings. The fourth-order valence-electron chi connectivity index (χ4n) is 2.83. The third kappa shape index (κ3) is 8.60. The molecule has 0 aromatic heterocycles. The molecule has 2 aromatic carbocycles. The molecule has 2 aromatic rings. The third-order valence-electron chi connectivity index (χ3n) is 4.40. The maximum atomic E-state index is 4.51. The Bertz CT molecular complexity index is 762. The minimum absolute atomic E-state index is 0. The Hall–Kier alpha value is -1.83. The van der Waals surface area contributed by atoms with Crippen LogP contribution in [0.4, 0.5) is 11.4 Å². The Kier molecular flexibility index (Phi) is 11.6. The van der Waals surface area contributed by atoms with Crippen molar-refractivity contribution in [3.05, 3.63) is 114 Å². The molecule has 3 heteroatoms. The predicted molar refractivity (Wildman–Crippen MR) is 123 cm³/mol. The van der Waals surface area contributed by atoms with E-state index in [1.54, 1.807) is 12.4 Å². The summed E-state index contributed by atoms with van der Waals surface area (Å²) >= 11 is 0. The van der Waals surface area contributed by atoms with Crippen molar-refractivity contribution in [1.29, 1.82) is 0 Å². The van der Waals surface area contributed by atoms with Gasteiger partial charge in [0, 0.05) is 23.3 Å². The molecule has 0 atom stereocenters. The summed E-state index contributed by atoms with van der Waals surface area (Å²) in [7, 11) is 0. The van der Waals surface area contributed by atoms with Crippen molar-refractivity contribution >= 4 is 17.6 Å². The molecule has 0 spiro atoms. The number of aliphatic imine (C=N–C) groups is 1. The smallest absolute Gasteiger partial charge is 0.0687 e. The standard InChI is InChI=1S/C19H21N2.C7H8.Fe/c1-14-8-5-9-15(2)18(14)20-12-7-13-21-19-16(3)10-6-11-17(19)4;1-7-5-3-2-4-6-7;/h5-13H,1-4H3;2-6H,1H3;/q-1;;/b12-7-,21-13?;;. The predicted octanol–water partition coefficient (Wildman–Crippen LogP) is 7.46. The normalized spacial score (nSPS) is 14.4. The number of nitrogens with zero attached hydrogens (tertiary/aromatic N) is 2. The molecule has 0 heterocycles. The van der Waals surface area contributed by atoms with Crippen LogP contribution in [-0.2, 0) is 17.1 Å². The zero-order chi connectivity index (χ0) is 20.4. The van der Waals surface area contributed by atoms with Gasteiger partial charge in [0.05, 0.1) is 5.69 Å². The van der Waals surface area contributed by atoms with E-state index in [9.17, 15) is 0 Å². The first kappa shape index (κ1) is 25.2. The van der Waals surface area contributed by atoms with Crippen molar-refractivity contribution in [1.82, 2.24) is 0 Å². The van der Waals surface area contributed by atoms with Crippen molar-refractivity contribution < 1.29 is 17.1 Å². The zero-order valence-corrected chi connectivity index (χ0v) is 18.9. The Morgan fingerprint density at radius 1 is 0.724 bits per heavy atom. The maximum Gasteiger partial charge on any atom is 0.0687 e. The summed E-state index contributed by atoms with van der Waals surface area (Å²) in [5.41, 5.74) is 6.82. The van der Waals surface area contributed by atoms with E-state index in [1.165, 1.54) is 28.2 Å². The van der Waals surface area contributed by atoms with Crippen LogP contribution in [0, 0.1) is 65.7 Å².